The second kappa shape index (κ2) is 4.67. The molecule has 0 aliphatic heterocycles. The number of aryl methyl sites for hydroxylation is 1. The van der Waals surface area contributed by atoms with Gasteiger partial charge in [-0.15, -0.1) is 0 Å². The SMILES string of the molecule is CCc1[nH]n(Cc2ccccc2Cl)c(=O)c1N. The fraction of sp³-hybridized carbons (Fsp3) is 0.250. The van der Waals surface area contributed by atoms with Crippen molar-refractivity contribution in [2.45, 2.75) is 19.9 Å². The molecule has 0 unspecified atom stereocenters. The molecule has 1 aromatic carbocycles. The van der Waals surface area contributed by atoms with E-state index in [9.17, 15) is 4.79 Å². The minimum absolute atomic E-state index is 0.193. The number of nitrogens with zero attached hydrogens (tertiary/aromatic N) is 1. The summed E-state index contributed by atoms with van der Waals surface area (Å²) in [5.74, 6) is 0. The van der Waals surface area contributed by atoms with E-state index < -0.39 is 0 Å². The summed E-state index contributed by atoms with van der Waals surface area (Å²) < 4.78 is 1.48. The second-order valence-corrected chi connectivity index (χ2v) is 4.25. The van der Waals surface area contributed by atoms with Crippen molar-refractivity contribution in [1.82, 2.24) is 9.78 Å². The first kappa shape index (κ1) is 11.8. The van der Waals surface area contributed by atoms with Crippen molar-refractivity contribution >= 4 is 17.3 Å². The van der Waals surface area contributed by atoms with Gasteiger partial charge in [-0.25, -0.2) is 4.68 Å². The van der Waals surface area contributed by atoms with E-state index in [1.165, 1.54) is 4.68 Å². The second-order valence-electron chi connectivity index (χ2n) is 3.84. The molecular formula is C12H14ClN3O. The highest BCUT2D eigenvalue weighted by molar-refractivity contribution is 6.31. The molecule has 3 N–H and O–H groups in total. The lowest BCUT2D eigenvalue weighted by molar-refractivity contribution is 0.653. The van der Waals surface area contributed by atoms with E-state index in [0.29, 0.717) is 23.7 Å². The van der Waals surface area contributed by atoms with Gasteiger partial charge in [-0.2, -0.15) is 0 Å². The van der Waals surface area contributed by atoms with Gasteiger partial charge in [0.1, 0.15) is 5.69 Å². The minimum Gasteiger partial charge on any atom is -0.393 e. The number of nitrogens with two attached hydrogens (primary N) is 1. The molecule has 17 heavy (non-hydrogen) atoms. The van der Waals surface area contributed by atoms with Crippen molar-refractivity contribution in [3.63, 3.8) is 0 Å². The molecule has 0 amide bonds. The fourth-order valence-corrected chi connectivity index (χ4v) is 1.92. The van der Waals surface area contributed by atoms with Crippen molar-refractivity contribution < 1.29 is 0 Å². The van der Waals surface area contributed by atoms with Gasteiger partial charge in [-0.3, -0.25) is 9.89 Å². The van der Waals surface area contributed by atoms with Gasteiger partial charge in [-0.05, 0) is 18.1 Å². The summed E-state index contributed by atoms with van der Waals surface area (Å²) in [6.45, 7) is 2.35. The van der Waals surface area contributed by atoms with Gasteiger partial charge in [0.15, 0.2) is 0 Å². The maximum absolute atomic E-state index is 11.8. The van der Waals surface area contributed by atoms with E-state index in [1.54, 1.807) is 6.07 Å². The molecule has 1 aromatic heterocycles. The fourth-order valence-electron chi connectivity index (χ4n) is 1.73. The van der Waals surface area contributed by atoms with E-state index >= 15 is 0 Å². The summed E-state index contributed by atoms with van der Waals surface area (Å²) in [6.07, 6.45) is 0.705. The molecule has 2 aromatic rings. The number of hydrogen-bond acceptors (Lipinski definition) is 2. The van der Waals surface area contributed by atoms with Crippen LogP contribution in [-0.2, 0) is 13.0 Å². The molecule has 0 fully saturated rings. The Kier molecular flexibility index (Phi) is 3.24. The molecule has 4 nitrogen and oxygen atoms in total. The van der Waals surface area contributed by atoms with Crippen LogP contribution in [-0.4, -0.2) is 9.78 Å². The highest BCUT2D eigenvalue weighted by atomic mass is 35.5. The van der Waals surface area contributed by atoms with Crippen LogP contribution in [0, 0.1) is 0 Å². The third kappa shape index (κ3) is 2.22. The summed E-state index contributed by atoms with van der Waals surface area (Å²) in [5.41, 5.74) is 7.46. The molecule has 5 heteroatoms. The number of nitrogen functional groups attached to an aromatic ring is 1. The first-order valence-corrected chi connectivity index (χ1v) is 5.81. The Bertz CT molecular complexity index is 586. The summed E-state index contributed by atoms with van der Waals surface area (Å²) in [7, 11) is 0. The Labute approximate surface area is 104 Å². The van der Waals surface area contributed by atoms with Crippen molar-refractivity contribution in [1.29, 1.82) is 0 Å². The first-order valence-electron chi connectivity index (χ1n) is 5.44. The molecule has 0 spiro atoms. The van der Waals surface area contributed by atoms with Crippen LogP contribution in [0.1, 0.15) is 18.2 Å². The molecule has 90 valence electrons. The predicted molar refractivity (Wildman–Crippen MR) is 69.4 cm³/mol. The van der Waals surface area contributed by atoms with Gasteiger partial charge >= 0.3 is 0 Å². The first-order chi connectivity index (χ1) is 8.13. The third-order valence-electron chi connectivity index (χ3n) is 2.71. The van der Waals surface area contributed by atoms with E-state index in [0.717, 1.165) is 11.3 Å². The molecule has 0 atom stereocenters. The maximum atomic E-state index is 11.8. The lowest BCUT2D eigenvalue weighted by Crippen LogP contribution is -2.19. The van der Waals surface area contributed by atoms with Crippen LogP contribution in [0.4, 0.5) is 5.69 Å². The number of aromatic nitrogens is 2. The molecular weight excluding hydrogens is 238 g/mol. The quantitative estimate of drug-likeness (QED) is 0.877. The molecule has 0 aliphatic carbocycles. The van der Waals surface area contributed by atoms with Crippen LogP contribution in [0.15, 0.2) is 29.1 Å². The molecule has 0 aliphatic rings. The Balaban J connectivity index is 2.37. The maximum Gasteiger partial charge on any atom is 0.290 e. The van der Waals surface area contributed by atoms with Crippen LogP contribution in [0.2, 0.25) is 5.02 Å². The van der Waals surface area contributed by atoms with Crippen molar-refractivity contribution in [3.8, 4) is 0 Å². The monoisotopic (exact) mass is 251 g/mol. The molecule has 0 saturated heterocycles. The third-order valence-corrected chi connectivity index (χ3v) is 3.08. The average Bonchev–Trinajstić information content (AvgIpc) is 2.60. The number of hydrogen-bond donors (Lipinski definition) is 2. The zero-order chi connectivity index (χ0) is 12.4. The minimum atomic E-state index is -0.193. The highest BCUT2D eigenvalue weighted by Crippen LogP contribution is 2.16. The average molecular weight is 252 g/mol. The van der Waals surface area contributed by atoms with E-state index in [1.807, 2.05) is 25.1 Å². The smallest absolute Gasteiger partial charge is 0.290 e. The summed E-state index contributed by atoms with van der Waals surface area (Å²) in [5, 5.41) is 3.64. The van der Waals surface area contributed by atoms with Gasteiger partial charge < -0.3 is 5.73 Å². The van der Waals surface area contributed by atoms with Gasteiger partial charge in [0.2, 0.25) is 0 Å². The lowest BCUT2D eigenvalue weighted by atomic mass is 10.2. The molecule has 0 radical (unpaired) electrons. The molecule has 1 heterocycles. The van der Waals surface area contributed by atoms with Crippen LogP contribution < -0.4 is 11.3 Å². The number of halogens is 1. The highest BCUT2D eigenvalue weighted by Gasteiger charge is 2.10. The Morgan fingerprint density at radius 1 is 1.41 bits per heavy atom. The van der Waals surface area contributed by atoms with Crippen molar-refractivity contribution in [2.75, 3.05) is 5.73 Å². The number of anilines is 1. The molecule has 0 bridgehead atoms. The summed E-state index contributed by atoms with van der Waals surface area (Å²) in [6, 6.07) is 7.43. The van der Waals surface area contributed by atoms with Gasteiger partial charge in [0.05, 0.1) is 12.2 Å². The molecule has 0 saturated carbocycles. The number of H-pyrrole nitrogens is 1. The van der Waals surface area contributed by atoms with E-state index in [-0.39, 0.29) is 5.56 Å². The van der Waals surface area contributed by atoms with Gasteiger partial charge in [0.25, 0.3) is 5.56 Å². The summed E-state index contributed by atoms with van der Waals surface area (Å²) in [4.78, 5) is 11.8. The van der Waals surface area contributed by atoms with Gasteiger partial charge in [-0.1, -0.05) is 36.7 Å². The number of nitrogens with one attached hydrogen (secondary N) is 1. The van der Waals surface area contributed by atoms with Gasteiger partial charge in [0, 0.05) is 5.02 Å². The Hall–Kier alpha value is -1.68. The topological polar surface area (TPSA) is 63.8 Å². The number of rotatable bonds is 3. The number of benzene rings is 1. The predicted octanol–water partition coefficient (Wildman–Crippen LogP) is 2.02. The summed E-state index contributed by atoms with van der Waals surface area (Å²) >= 11 is 6.05. The largest absolute Gasteiger partial charge is 0.393 e. The molecule has 2 rings (SSSR count). The number of aromatic amines is 1. The zero-order valence-electron chi connectivity index (χ0n) is 9.53. The normalized spacial score (nSPS) is 10.7. The van der Waals surface area contributed by atoms with Crippen molar-refractivity contribution in [3.05, 3.63) is 50.9 Å². The van der Waals surface area contributed by atoms with E-state index in [4.69, 9.17) is 17.3 Å². The lowest BCUT2D eigenvalue weighted by Gasteiger charge is -2.04. The van der Waals surface area contributed by atoms with E-state index in [2.05, 4.69) is 5.10 Å². The van der Waals surface area contributed by atoms with Crippen LogP contribution in [0.25, 0.3) is 0 Å². The van der Waals surface area contributed by atoms with Crippen molar-refractivity contribution in [2.24, 2.45) is 0 Å². The van der Waals surface area contributed by atoms with Crippen LogP contribution in [0.3, 0.4) is 0 Å². The van der Waals surface area contributed by atoms with Crippen LogP contribution in [0.5, 0.6) is 0 Å². The van der Waals surface area contributed by atoms with Crippen LogP contribution >= 0.6 is 11.6 Å². The standard InChI is InChI=1S/C12H14ClN3O/c1-2-10-11(14)12(17)16(15-10)7-8-5-3-4-6-9(8)13/h3-6,15H,2,7,14H2,1H3. The zero-order valence-corrected chi connectivity index (χ0v) is 10.3. The Morgan fingerprint density at radius 3 is 2.71 bits per heavy atom. The Morgan fingerprint density at radius 2 is 2.12 bits per heavy atom.